The maximum atomic E-state index is 14.1. The van der Waals surface area contributed by atoms with E-state index in [4.69, 9.17) is 11.5 Å². The van der Waals surface area contributed by atoms with Crippen molar-refractivity contribution in [2.45, 2.75) is 175 Å². The van der Waals surface area contributed by atoms with Crippen LogP contribution < -0.4 is 43.4 Å². The largest absolute Gasteiger partial charge is 0.511 e. The molecule has 2 unspecified atom stereocenters. The first-order valence-electron chi connectivity index (χ1n) is 22.8. The lowest BCUT2D eigenvalue weighted by molar-refractivity contribution is -0.138. The Kier molecular flexibility index (Phi) is 25.1. The van der Waals surface area contributed by atoms with Crippen LogP contribution in [-0.2, 0) is 47.9 Å². The molecule has 13 N–H and O–H groups in total. The number of Topliss-reactive ketones (excluding diaryl/α,β-unsaturated/α-hetero) is 2. The smallest absolute Gasteiger partial charge is 0.303 e. The minimum Gasteiger partial charge on any atom is -0.511 e. The van der Waals surface area contributed by atoms with Gasteiger partial charge in [0.2, 0.25) is 41.4 Å². The number of aliphatic carboxylic acids is 1. The minimum absolute atomic E-state index is 0.0283. The fourth-order valence-corrected chi connectivity index (χ4v) is 7.03. The summed E-state index contributed by atoms with van der Waals surface area (Å²) < 4.78 is 0. The number of aliphatic hydroxyl groups excluding tert-OH is 2. The second kappa shape index (κ2) is 28.4. The van der Waals surface area contributed by atoms with Gasteiger partial charge < -0.3 is 58.7 Å². The molecule has 1 aliphatic carbocycles. The number of amides is 7. The van der Waals surface area contributed by atoms with Gasteiger partial charge in [-0.2, -0.15) is 0 Å². The fraction of sp³-hybridized carbons (Fsp3) is 0.711. The average Bonchev–Trinajstić information content (AvgIpc) is 3.21. The molecule has 0 aromatic carbocycles. The molecule has 0 saturated heterocycles. The van der Waals surface area contributed by atoms with E-state index in [2.05, 4.69) is 36.9 Å². The van der Waals surface area contributed by atoms with Crippen LogP contribution in [-0.4, -0.2) is 135 Å². The standard InChI is InChI=1S/C45H75N9O13/c1-10-24(4)38(44(67)53-32(22-55)27(7)56)54-40(63)26(6)49-41(64)30(15-17-36(60)61)52-42(65)28(51-43(66)29(14-16-35(47)59)50-39(62)25(5)46)13-11-12-18-48-31(19-23(2)3)37-33(57)20-45(8,9)21-34(37)58/h23-26,28-30,32,38,55,57H,10-22,46H2,1-9H3,(H2,47,59)(H,49,64)(H,50,62)(H,51,66)(H,52,65)(H,53,67)(H,54,63)(H,60,61)/t24?,25-,26-,28?,29-,30-,32-,38-/m0/s1. The van der Waals surface area contributed by atoms with Gasteiger partial charge in [-0.25, -0.2) is 0 Å². The summed E-state index contributed by atoms with van der Waals surface area (Å²) in [5, 5.41) is 44.7. The zero-order valence-corrected chi connectivity index (χ0v) is 40.4. The van der Waals surface area contributed by atoms with Crippen molar-refractivity contribution in [2.24, 2.45) is 33.7 Å². The SMILES string of the molecule is CCC(C)[C@H](NC(=O)[C@H](C)NC(=O)[C@H](CCC(=O)O)NC(=O)C(CCCCN=C(CC(C)C)C1=C(O)CC(C)(C)CC1=O)NC(=O)[C@H](CCC(N)=O)NC(=O)[C@H](C)N)C(=O)N[C@@H](CO)C(C)=O. The van der Waals surface area contributed by atoms with E-state index in [1.807, 2.05) is 27.7 Å². The number of ketones is 2. The van der Waals surface area contributed by atoms with Crippen molar-refractivity contribution >= 4 is 64.6 Å². The molecule has 0 saturated carbocycles. The van der Waals surface area contributed by atoms with Crippen molar-refractivity contribution in [3.8, 4) is 0 Å². The van der Waals surface area contributed by atoms with Crippen molar-refractivity contribution in [3.63, 3.8) is 0 Å². The molecule has 0 heterocycles. The van der Waals surface area contributed by atoms with Crippen LogP contribution in [0.5, 0.6) is 0 Å². The van der Waals surface area contributed by atoms with Crippen LogP contribution in [0.4, 0.5) is 0 Å². The highest BCUT2D eigenvalue weighted by Gasteiger charge is 2.36. The molecule has 0 aliphatic heterocycles. The van der Waals surface area contributed by atoms with Gasteiger partial charge in [-0.15, -0.1) is 0 Å². The number of carboxylic acid groups (broad SMARTS) is 1. The molecule has 0 radical (unpaired) electrons. The minimum atomic E-state index is -1.58. The molecular formula is C45H75N9O13. The Morgan fingerprint density at radius 1 is 0.716 bits per heavy atom. The molecule has 0 bridgehead atoms. The molecule has 0 aromatic heterocycles. The summed E-state index contributed by atoms with van der Waals surface area (Å²) >= 11 is 0. The van der Waals surface area contributed by atoms with Gasteiger partial charge in [0.1, 0.15) is 42.0 Å². The first-order valence-corrected chi connectivity index (χ1v) is 22.8. The summed E-state index contributed by atoms with van der Waals surface area (Å²) in [6.45, 7) is 14.4. The first kappa shape index (κ1) is 59.2. The molecule has 67 heavy (non-hydrogen) atoms. The molecular weight excluding hydrogens is 875 g/mol. The number of carbonyl (C=O) groups excluding carboxylic acids is 9. The third-order valence-corrected chi connectivity index (χ3v) is 11.1. The van der Waals surface area contributed by atoms with Crippen molar-refractivity contribution in [1.82, 2.24) is 31.9 Å². The topological polar surface area (TPSA) is 368 Å². The molecule has 0 aromatic rings. The van der Waals surface area contributed by atoms with E-state index in [0.29, 0.717) is 31.4 Å². The number of nitrogens with zero attached hydrogens (tertiary/aromatic N) is 1. The van der Waals surface area contributed by atoms with E-state index < -0.39 is 126 Å². The van der Waals surface area contributed by atoms with E-state index >= 15 is 0 Å². The monoisotopic (exact) mass is 950 g/mol. The van der Waals surface area contributed by atoms with E-state index in [-0.39, 0.29) is 61.7 Å². The lowest BCUT2D eigenvalue weighted by Crippen LogP contribution is -2.60. The molecule has 8 atom stereocenters. The summed E-state index contributed by atoms with van der Waals surface area (Å²) in [6, 6.07) is -9.23. The highest BCUT2D eigenvalue weighted by molar-refractivity contribution is 6.23. The van der Waals surface area contributed by atoms with Crippen molar-refractivity contribution in [1.29, 1.82) is 0 Å². The maximum absolute atomic E-state index is 14.1. The number of aliphatic hydroxyl groups is 2. The van der Waals surface area contributed by atoms with Gasteiger partial charge in [-0.3, -0.25) is 52.9 Å². The number of hydrogen-bond donors (Lipinski definition) is 11. The quantitative estimate of drug-likeness (QED) is 0.0331. The molecule has 0 spiro atoms. The average molecular weight is 950 g/mol. The van der Waals surface area contributed by atoms with E-state index in [1.54, 1.807) is 13.8 Å². The number of nitrogens with one attached hydrogen (secondary N) is 6. The van der Waals surface area contributed by atoms with Gasteiger partial charge in [-0.05, 0) is 76.5 Å². The Morgan fingerprint density at radius 3 is 1.72 bits per heavy atom. The van der Waals surface area contributed by atoms with Crippen molar-refractivity contribution in [3.05, 3.63) is 11.3 Å². The first-order chi connectivity index (χ1) is 31.1. The second-order valence-electron chi connectivity index (χ2n) is 18.6. The molecule has 7 amide bonds. The number of aliphatic imine (C=N–C) groups is 1. The third-order valence-electron chi connectivity index (χ3n) is 11.1. The van der Waals surface area contributed by atoms with E-state index in [1.165, 1.54) is 20.8 Å². The third kappa shape index (κ3) is 21.2. The highest BCUT2D eigenvalue weighted by Crippen LogP contribution is 2.37. The Morgan fingerprint density at radius 2 is 1.24 bits per heavy atom. The predicted molar refractivity (Wildman–Crippen MR) is 247 cm³/mol. The van der Waals surface area contributed by atoms with Crippen LogP contribution in [0.25, 0.3) is 0 Å². The van der Waals surface area contributed by atoms with Crippen LogP contribution in [0, 0.1) is 17.3 Å². The highest BCUT2D eigenvalue weighted by atomic mass is 16.4. The fourth-order valence-electron chi connectivity index (χ4n) is 7.03. The van der Waals surface area contributed by atoms with E-state index in [9.17, 15) is 63.3 Å². The maximum Gasteiger partial charge on any atom is 0.303 e. The van der Waals surface area contributed by atoms with Crippen LogP contribution in [0.1, 0.15) is 133 Å². The van der Waals surface area contributed by atoms with Crippen LogP contribution in [0.3, 0.4) is 0 Å². The predicted octanol–water partition coefficient (Wildman–Crippen LogP) is -0.121. The molecule has 1 rings (SSSR count). The zero-order valence-electron chi connectivity index (χ0n) is 40.4. The van der Waals surface area contributed by atoms with Gasteiger partial charge in [0.05, 0.1) is 18.2 Å². The summed E-state index contributed by atoms with van der Waals surface area (Å²) in [5.74, 6) is -8.43. The van der Waals surface area contributed by atoms with Crippen LogP contribution in [0.15, 0.2) is 16.3 Å². The number of carboxylic acids is 1. The zero-order chi connectivity index (χ0) is 51.3. The van der Waals surface area contributed by atoms with Crippen molar-refractivity contribution in [2.75, 3.05) is 13.2 Å². The van der Waals surface area contributed by atoms with Gasteiger partial charge in [0.25, 0.3) is 0 Å². The summed E-state index contributed by atoms with van der Waals surface area (Å²) in [6.07, 6.45) is 0.0990. The lowest BCUT2D eigenvalue weighted by Gasteiger charge is -2.30. The van der Waals surface area contributed by atoms with Crippen LogP contribution >= 0.6 is 0 Å². The number of nitrogens with two attached hydrogens (primary N) is 2. The number of rotatable bonds is 30. The summed E-state index contributed by atoms with van der Waals surface area (Å²) in [7, 11) is 0. The molecule has 1 aliphatic rings. The number of hydrogen-bond acceptors (Lipinski definition) is 14. The summed E-state index contributed by atoms with van der Waals surface area (Å²) in [5.41, 5.74) is 11.2. The second-order valence-corrected chi connectivity index (χ2v) is 18.6. The van der Waals surface area contributed by atoms with Gasteiger partial charge >= 0.3 is 5.97 Å². The Balaban J connectivity index is 3.48. The summed E-state index contributed by atoms with van der Waals surface area (Å²) in [4.78, 5) is 134. The van der Waals surface area contributed by atoms with Crippen LogP contribution in [0.2, 0.25) is 0 Å². The molecule has 378 valence electrons. The van der Waals surface area contributed by atoms with Gasteiger partial charge in [-0.1, -0.05) is 48.0 Å². The Hall–Kier alpha value is -5.77. The van der Waals surface area contributed by atoms with Gasteiger partial charge in [0, 0.05) is 37.9 Å². The Bertz CT molecular complexity index is 1860. The molecule has 0 fully saturated rings. The number of allylic oxidation sites excluding steroid dienone is 2. The lowest BCUT2D eigenvalue weighted by atomic mass is 9.75. The molecule has 22 nitrogen and oxygen atoms in total. The normalized spacial score (nSPS) is 17.4. The number of unbranched alkanes of at least 4 members (excludes halogenated alkanes) is 1. The molecule has 22 heteroatoms. The Labute approximate surface area is 392 Å². The number of carbonyl (C=O) groups is 10. The van der Waals surface area contributed by atoms with Gasteiger partial charge in [0.15, 0.2) is 11.6 Å². The van der Waals surface area contributed by atoms with Crippen molar-refractivity contribution < 1.29 is 63.3 Å². The van der Waals surface area contributed by atoms with E-state index in [0.717, 1.165) is 0 Å². The number of primary amides is 1.